The number of aryl methyl sites for hydroxylation is 1. The van der Waals surface area contributed by atoms with Crippen LogP contribution in [0, 0.1) is 6.92 Å². The predicted molar refractivity (Wildman–Crippen MR) is 90.9 cm³/mol. The largest absolute Gasteiger partial charge is 0.353 e. The van der Waals surface area contributed by atoms with Crippen LogP contribution in [-0.2, 0) is 0 Å². The van der Waals surface area contributed by atoms with Gasteiger partial charge in [0.25, 0.3) is 5.91 Å². The monoisotopic (exact) mass is 311 g/mol. The Morgan fingerprint density at radius 1 is 1.00 bits per heavy atom. The van der Waals surface area contributed by atoms with E-state index in [9.17, 15) is 4.79 Å². The summed E-state index contributed by atoms with van der Waals surface area (Å²) in [5, 5.41) is 11.1. The Morgan fingerprint density at radius 3 is 2.30 bits per heavy atom. The number of benzene rings is 1. The van der Waals surface area contributed by atoms with Gasteiger partial charge in [-0.2, -0.15) is 0 Å². The number of piperazine rings is 1. The molecular weight excluding hydrogens is 290 g/mol. The summed E-state index contributed by atoms with van der Waals surface area (Å²) in [5.74, 6) is 0.580. The third kappa shape index (κ3) is 3.84. The van der Waals surface area contributed by atoms with E-state index in [4.69, 9.17) is 0 Å². The molecule has 0 spiro atoms. The van der Waals surface area contributed by atoms with Crippen molar-refractivity contribution in [3.8, 4) is 0 Å². The number of carbonyl (C=O) groups excluding carboxylic acids is 1. The van der Waals surface area contributed by atoms with Crippen molar-refractivity contribution >= 4 is 17.4 Å². The minimum absolute atomic E-state index is 0.244. The number of nitrogens with one attached hydrogen (secondary N) is 1. The molecule has 6 nitrogen and oxygen atoms in total. The molecule has 23 heavy (non-hydrogen) atoms. The molecule has 3 rings (SSSR count). The molecular formula is C17H21N5O. The van der Waals surface area contributed by atoms with Gasteiger partial charge in [-0.05, 0) is 38.2 Å². The molecule has 1 amide bonds. The Balaban J connectivity index is 1.64. The van der Waals surface area contributed by atoms with Crippen molar-refractivity contribution in [3.05, 3.63) is 47.7 Å². The summed E-state index contributed by atoms with van der Waals surface area (Å²) in [6, 6.07) is 11.3. The van der Waals surface area contributed by atoms with Crippen LogP contribution in [0.3, 0.4) is 0 Å². The summed E-state index contributed by atoms with van der Waals surface area (Å²) in [4.78, 5) is 16.7. The van der Waals surface area contributed by atoms with E-state index in [1.807, 2.05) is 37.3 Å². The summed E-state index contributed by atoms with van der Waals surface area (Å²) < 4.78 is 0. The van der Waals surface area contributed by atoms with Gasteiger partial charge in [-0.1, -0.05) is 17.7 Å². The molecule has 1 aliphatic heterocycles. The second-order valence-electron chi connectivity index (χ2n) is 5.89. The molecule has 1 aromatic carbocycles. The van der Waals surface area contributed by atoms with Crippen molar-refractivity contribution in [1.29, 1.82) is 0 Å². The van der Waals surface area contributed by atoms with E-state index in [0.29, 0.717) is 5.69 Å². The quantitative estimate of drug-likeness (QED) is 0.936. The fourth-order valence-electron chi connectivity index (χ4n) is 2.48. The van der Waals surface area contributed by atoms with Crippen LogP contribution in [0.25, 0.3) is 0 Å². The lowest BCUT2D eigenvalue weighted by molar-refractivity contribution is 0.102. The highest BCUT2D eigenvalue weighted by Crippen LogP contribution is 2.13. The second kappa shape index (κ2) is 6.75. The van der Waals surface area contributed by atoms with Crippen LogP contribution in [0.2, 0.25) is 0 Å². The maximum Gasteiger partial charge on any atom is 0.276 e. The van der Waals surface area contributed by atoms with Crippen molar-refractivity contribution in [3.63, 3.8) is 0 Å². The molecule has 0 bridgehead atoms. The number of hydrogen-bond acceptors (Lipinski definition) is 5. The summed E-state index contributed by atoms with van der Waals surface area (Å²) in [6.07, 6.45) is 0. The van der Waals surface area contributed by atoms with Crippen LogP contribution >= 0.6 is 0 Å². The first-order valence-corrected chi connectivity index (χ1v) is 7.77. The van der Waals surface area contributed by atoms with E-state index in [1.54, 1.807) is 6.07 Å². The van der Waals surface area contributed by atoms with Gasteiger partial charge in [-0.25, -0.2) is 0 Å². The van der Waals surface area contributed by atoms with Gasteiger partial charge in [-0.3, -0.25) is 4.79 Å². The van der Waals surface area contributed by atoms with E-state index in [-0.39, 0.29) is 5.91 Å². The van der Waals surface area contributed by atoms with Gasteiger partial charge in [0.2, 0.25) is 0 Å². The van der Waals surface area contributed by atoms with E-state index in [2.05, 4.69) is 32.4 Å². The van der Waals surface area contributed by atoms with Gasteiger partial charge < -0.3 is 15.1 Å². The standard InChI is InChI=1S/C17H21N5O/c1-13-3-5-14(6-4-13)18-17(23)15-7-8-16(20-19-15)22-11-9-21(2)10-12-22/h3-8H,9-12H2,1-2H3,(H,18,23). The highest BCUT2D eigenvalue weighted by Gasteiger charge is 2.16. The SMILES string of the molecule is Cc1ccc(NC(=O)c2ccc(N3CCN(C)CC3)nn2)cc1. The Kier molecular flexibility index (Phi) is 4.52. The Labute approximate surface area is 136 Å². The summed E-state index contributed by atoms with van der Waals surface area (Å²) >= 11 is 0. The third-order valence-corrected chi connectivity index (χ3v) is 4.02. The van der Waals surface area contributed by atoms with Crippen molar-refractivity contribution in [2.75, 3.05) is 43.4 Å². The van der Waals surface area contributed by atoms with Gasteiger partial charge in [0, 0.05) is 31.9 Å². The van der Waals surface area contributed by atoms with E-state index in [0.717, 1.165) is 43.2 Å². The van der Waals surface area contributed by atoms with E-state index >= 15 is 0 Å². The van der Waals surface area contributed by atoms with E-state index in [1.165, 1.54) is 0 Å². The first-order chi connectivity index (χ1) is 11.1. The summed E-state index contributed by atoms with van der Waals surface area (Å²) in [7, 11) is 2.11. The highest BCUT2D eigenvalue weighted by atomic mass is 16.1. The average molecular weight is 311 g/mol. The number of amides is 1. The number of likely N-dealkylation sites (N-methyl/N-ethyl adjacent to an activating group) is 1. The molecule has 1 fully saturated rings. The molecule has 1 aliphatic rings. The fourth-order valence-corrected chi connectivity index (χ4v) is 2.48. The fraction of sp³-hybridized carbons (Fsp3) is 0.353. The van der Waals surface area contributed by atoms with E-state index < -0.39 is 0 Å². The van der Waals surface area contributed by atoms with Crippen LogP contribution in [-0.4, -0.2) is 54.2 Å². The molecule has 0 unspecified atom stereocenters. The number of nitrogens with zero attached hydrogens (tertiary/aromatic N) is 4. The lowest BCUT2D eigenvalue weighted by Crippen LogP contribution is -2.44. The molecule has 120 valence electrons. The van der Waals surface area contributed by atoms with Crippen LogP contribution in [0.4, 0.5) is 11.5 Å². The normalized spacial score (nSPS) is 15.5. The molecule has 0 aliphatic carbocycles. The van der Waals surface area contributed by atoms with Crippen molar-refractivity contribution in [1.82, 2.24) is 15.1 Å². The number of rotatable bonds is 3. The zero-order chi connectivity index (χ0) is 16.2. The Hall–Kier alpha value is -2.47. The maximum absolute atomic E-state index is 12.2. The predicted octanol–water partition coefficient (Wildman–Crippen LogP) is 1.79. The average Bonchev–Trinajstić information content (AvgIpc) is 2.58. The van der Waals surface area contributed by atoms with Crippen molar-refractivity contribution in [2.45, 2.75) is 6.92 Å². The lowest BCUT2D eigenvalue weighted by atomic mass is 10.2. The molecule has 1 aromatic heterocycles. The minimum Gasteiger partial charge on any atom is -0.353 e. The number of carbonyl (C=O) groups is 1. The molecule has 1 saturated heterocycles. The minimum atomic E-state index is -0.244. The lowest BCUT2D eigenvalue weighted by Gasteiger charge is -2.32. The van der Waals surface area contributed by atoms with Gasteiger partial charge in [0.05, 0.1) is 0 Å². The summed E-state index contributed by atoms with van der Waals surface area (Å²) in [6.45, 7) is 5.89. The second-order valence-corrected chi connectivity index (χ2v) is 5.89. The molecule has 2 heterocycles. The number of aromatic nitrogens is 2. The molecule has 0 radical (unpaired) electrons. The zero-order valence-corrected chi connectivity index (χ0v) is 13.5. The molecule has 0 atom stereocenters. The molecule has 0 saturated carbocycles. The topological polar surface area (TPSA) is 61.4 Å². The third-order valence-electron chi connectivity index (χ3n) is 4.02. The molecule has 2 aromatic rings. The Bertz CT molecular complexity index is 660. The smallest absolute Gasteiger partial charge is 0.276 e. The van der Waals surface area contributed by atoms with Crippen LogP contribution in [0.15, 0.2) is 36.4 Å². The maximum atomic E-state index is 12.2. The number of anilines is 2. The van der Waals surface area contributed by atoms with Crippen LogP contribution < -0.4 is 10.2 Å². The first kappa shape index (κ1) is 15.4. The van der Waals surface area contributed by atoms with Gasteiger partial charge in [0.15, 0.2) is 11.5 Å². The molecule has 6 heteroatoms. The van der Waals surface area contributed by atoms with Crippen LogP contribution in [0.1, 0.15) is 16.1 Å². The molecule has 1 N–H and O–H groups in total. The highest BCUT2D eigenvalue weighted by molar-refractivity contribution is 6.02. The Morgan fingerprint density at radius 2 is 1.70 bits per heavy atom. The van der Waals surface area contributed by atoms with Gasteiger partial charge >= 0.3 is 0 Å². The zero-order valence-electron chi connectivity index (χ0n) is 13.5. The van der Waals surface area contributed by atoms with Gasteiger partial charge in [-0.15, -0.1) is 10.2 Å². The van der Waals surface area contributed by atoms with Crippen molar-refractivity contribution < 1.29 is 4.79 Å². The van der Waals surface area contributed by atoms with Crippen LogP contribution in [0.5, 0.6) is 0 Å². The van der Waals surface area contributed by atoms with Gasteiger partial charge in [0.1, 0.15) is 0 Å². The first-order valence-electron chi connectivity index (χ1n) is 7.77. The summed E-state index contributed by atoms with van der Waals surface area (Å²) in [5.41, 5.74) is 2.23. The number of hydrogen-bond donors (Lipinski definition) is 1. The van der Waals surface area contributed by atoms with Crippen molar-refractivity contribution in [2.24, 2.45) is 0 Å².